The Morgan fingerprint density at radius 3 is 1.81 bits per heavy atom. The van der Waals surface area contributed by atoms with Gasteiger partial charge in [0, 0.05) is 33.7 Å². The van der Waals surface area contributed by atoms with Gasteiger partial charge in [0.05, 0.1) is 11.1 Å². The fourth-order valence-corrected chi connectivity index (χ4v) is 14.3. The SMILES string of the molecule is CC1(C)c2ccccc2-c2cccc(N3B4c5cccc6c5N(c5ccccc5C65c6ccccc6-c6ccccc65)c5cc(C6CCCCC6)cc(c54)-c4ccc(-c5ccccc5)cc43)c21. The molecule has 0 amide bonds. The van der Waals surface area contributed by atoms with Crippen molar-refractivity contribution in [1.82, 2.24) is 0 Å². The number of benzene rings is 9. The molecule has 3 heterocycles. The predicted molar refractivity (Wildman–Crippen MR) is 280 cm³/mol. The van der Waals surface area contributed by atoms with Crippen molar-refractivity contribution in [1.29, 1.82) is 0 Å². The first-order valence-corrected chi connectivity index (χ1v) is 24.7. The van der Waals surface area contributed by atoms with Crippen molar-refractivity contribution in [3.05, 3.63) is 233 Å². The van der Waals surface area contributed by atoms with E-state index in [-0.39, 0.29) is 12.3 Å². The van der Waals surface area contributed by atoms with E-state index in [2.05, 4.69) is 218 Å². The van der Waals surface area contributed by atoms with Crippen LogP contribution < -0.4 is 20.6 Å². The van der Waals surface area contributed by atoms with E-state index in [0.29, 0.717) is 5.92 Å². The number of anilines is 5. The van der Waals surface area contributed by atoms with Crippen molar-refractivity contribution in [3.8, 4) is 44.5 Å². The summed E-state index contributed by atoms with van der Waals surface area (Å²) in [6.45, 7) is 4.80. The Bertz CT molecular complexity index is 3530. The van der Waals surface area contributed by atoms with Gasteiger partial charge in [-0.15, -0.1) is 0 Å². The highest BCUT2D eigenvalue weighted by molar-refractivity contribution is 6.93. The lowest BCUT2D eigenvalue weighted by Crippen LogP contribution is -2.63. The normalized spacial score (nSPS) is 16.9. The van der Waals surface area contributed by atoms with Crippen LogP contribution >= 0.6 is 0 Å². The highest BCUT2D eigenvalue weighted by Gasteiger charge is 2.56. The molecule has 0 saturated heterocycles. The standard InChI is InChI=1S/C64H49BN2/c1-63(2)50-27-12-9-25-46(50)48-26-17-34-57(60(48)63)67-58-38-42(40-19-5-3-6-20-40)35-36-47(58)49-37-43(41-21-7-4-8-22-41)39-59-61(49)65(67)55-32-18-31-54-62(55)66(59)56-33-16-15-30-53(56)64(54)51-28-13-10-23-44(51)45-24-11-14-29-52(45)64/h3,5-6,9-20,23-39,41H,4,7-8,21-22H2,1-2H3. The van der Waals surface area contributed by atoms with Gasteiger partial charge < -0.3 is 9.71 Å². The molecule has 9 aromatic rings. The predicted octanol–water partition coefficient (Wildman–Crippen LogP) is 15.1. The molecule has 67 heavy (non-hydrogen) atoms. The quantitative estimate of drug-likeness (QED) is 0.163. The highest BCUT2D eigenvalue weighted by atomic mass is 15.2. The molecule has 1 saturated carbocycles. The Hall–Kier alpha value is -7.36. The fourth-order valence-electron chi connectivity index (χ4n) is 14.3. The molecule has 3 aliphatic heterocycles. The maximum absolute atomic E-state index is 2.80. The summed E-state index contributed by atoms with van der Waals surface area (Å²) in [6.07, 6.45) is 6.41. The van der Waals surface area contributed by atoms with Gasteiger partial charge in [-0.3, -0.25) is 0 Å². The van der Waals surface area contributed by atoms with Gasteiger partial charge in [0.15, 0.2) is 0 Å². The summed E-state index contributed by atoms with van der Waals surface area (Å²) >= 11 is 0. The maximum Gasteiger partial charge on any atom is 0.333 e. The Kier molecular flexibility index (Phi) is 7.68. The van der Waals surface area contributed by atoms with Crippen LogP contribution in [-0.4, -0.2) is 6.85 Å². The van der Waals surface area contributed by atoms with Crippen molar-refractivity contribution >= 4 is 46.2 Å². The molecule has 3 heteroatoms. The largest absolute Gasteiger partial charge is 0.376 e. The van der Waals surface area contributed by atoms with Gasteiger partial charge in [-0.2, -0.15) is 0 Å². The van der Waals surface area contributed by atoms with E-state index >= 15 is 0 Å². The molecule has 0 aromatic heterocycles. The number of hydrogen-bond donors (Lipinski definition) is 0. The first kappa shape index (κ1) is 37.8. The molecule has 0 bridgehead atoms. The van der Waals surface area contributed by atoms with Crippen LogP contribution in [0.1, 0.15) is 90.8 Å². The van der Waals surface area contributed by atoms with E-state index < -0.39 is 5.41 Å². The van der Waals surface area contributed by atoms with E-state index in [1.807, 2.05) is 0 Å². The Morgan fingerprint density at radius 1 is 0.433 bits per heavy atom. The highest BCUT2D eigenvalue weighted by Crippen LogP contribution is 2.65. The van der Waals surface area contributed by atoms with Crippen molar-refractivity contribution < 1.29 is 0 Å². The molecule has 0 atom stereocenters. The summed E-state index contributed by atoms with van der Waals surface area (Å²) in [4.78, 5) is 5.53. The fraction of sp³-hybridized carbons (Fsp3) is 0.156. The van der Waals surface area contributed by atoms with Crippen LogP contribution in [0, 0.1) is 0 Å². The van der Waals surface area contributed by atoms with Gasteiger partial charge in [0.2, 0.25) is 0 Å². The van der Waals surface area contributed by atoms with E-state index in [4.69, 9.17) is 0 Å². The van der Waals surface area contributed by atoms with Gasteiger partial charge in [-0.1, -0.05) is 203 Å². The summed E-state index contributed by atoms with van der Waals surface area (Å²) in [5.74, 6) is 0.534. The van der Waals surface area contributed by atoms with Gasteiger partial charge in [-0.05, 0) is 132 Å². The summed E-state index contributed by atoms with van der Waals surface area (Å²) < 4.78 is 0. The second-order valence-corrected chi connectivity index (χ2v) is 20.5. The summed E-state index contributed by atoms with van der Waals surface area (Å²) in [6, 6.07) is 75.2. The van der Waals surface area contributed by atoms with Crippen molar-refractivity contribution in [2.75, 3.05) is 9.71 Å². The molecular formula is C64H49BN2. The first-order valence-electron chi connectivity index (χ1n) is 24.7. The minimum atomic E-state index is -0.498. The lowest BCUT2D eigenvalue weighted by Gasteiger charge is -2.52. The average Bonchev–Trinajstić information content (AvgIpc) is 3.82. The molecule has 1 spiro atoms. The number of fused-ring (bicyclic) bond motifs is 16. The van der Waals surface area contributed by atoms with E-state index in [0.717, 1.165) is 0 Å². The van der Waals surface area contributed by atoms with Gasteiger partial charge in [0.1, 0.15) is 0 Å². The molecule has 6 aliphatic rings. The minimum Gasteiger partial charge on any atom is -0.376 e. The lowest BCUT2D eigenvalue weighted by atomic mass is 9.42. The Labute approximate surface area is 394 Å². The molecular weight excluding hydrogens is 808 g/mol. The zero-order chi connectivity index (χ0) is 44.2. The van der Waals surface area contributed by atoms with Gasteiger partial charge in [0.25, 0.3) is 0 Å². The van der Waals surface area contributed by atoms with Crippen LogP contribution in [0.15, 0.2) is 194 Å². The number of para-hydroxylation sites is 2. The lowest BCUT2D eigenvalue weighted by molar-refractivity contribution is 0.444. The maximum atomic E-state index is 2.80. The summed E-state index contributed by atoms with van der Waals surface area (Å²) in [7, 11) is 0. The minimum absolute atomic E-state index is 0.102. The number of hydrogen-bond acceptors (Lipinski definition) is 2. The molecule has 3 aliphatic carbocycles. The van der Waals surface area contributed by atoms with Gasteiger partial charge in [-0.25, -0.2) is 0 Å². The van der Waals surface area contributed by atoms with Crippen molar-refractivity contribution in [3.63, 3.8) is 0 Å². The molecule has 1 fully saturated rings. The first-order chi connectivity index (χ1) is 33.0. The van der Waals surface area contributed by atoms with E-state index in [9.17, 15) is 0 Å². The second kappa shape index (κ2) is 13.6. The van der Waals surface area contributed by atoms with Crippen LogP contribution in [0.4, 0.5) is 28.4 Å². The smallest absolute Gasteiger partial charge is 0.333 e. The molecule has 2 nitrogen and oxygen atoms in total. The molecule has 0 radical (unpaired) electrons. The van der Waals surface area contributed by atoms with Crippen LogP contribution in [0.3, 0.4) is 0 Å². The third-order valence-electron chi connectivity index (χ3n) is 17.0. The van der Waals surface area contributed by atoms with Crippen molar-refractivity contribution in [2.24, 2.45) is 0 Å². The Balaban J connectivity index is 1.10. The third kappa shape index (κ3) is 4.82. The van der Waals surface area contributed by atoms with E-state index in [1.54, 1.807) is 0 Å². The molecule has 318 valence electrons. The van der Waals surface area contributed by atoms with Crippen LogP contribution in [0.25, 0.3) is 44.5 Å². The second-order valence-electron chi connectivity index (χ2n) is 20.5. The van der Waals surface area contributed by atoms with Crippen LogP contribution in [-0.2, 0) is 10.8 Å². The van der Waals surface area contributed by atoms with Crippen LogP contribution in [0.2, 0.25) is 0 Å². The topological polar surface area (TPSA) is 6.48 Å². The summed E-state index contributed by atoms with van der Waals surface area (Å²) in [5, 5.41) is 0. The van der Waals surface area contributed by atoms with Gasteiger partial charge >= 0.3 is 6.85 Å². The number of nitrogens with zero attached hydrogens (tertiary/aromatic N) is 2. The zero-order valence-electron chi connectivity index (χ0n) is 38.1. The van der Waals surface area contributed by atoms with Crippen LogP contribution in [0.5, 0.6) is 0 Å². The third-order valence-corrected chi connectivity index (χ3v) is 17.0. The number of rotatable bonds is 3. The van der Waals surface area contributed by atoms with Crippen molar-refractivity contribution in [2.45, 2.75) is 62.7 Å². The molecule has 15 rings (SSSR count). The monoisotopic (exact) mass is 856 g/mol. The molecule has 0 N–H and O–H groups in total. The molecule has 9 aromatic carbocycles. The molecule has 0 unspecified atom stereocenters. The van der Waals surface area contributed by atoms with E-state index in [1.165, 1.54) is 155 Å². The zero-order valence-corrected chi connectivity index (χ0v) is 38.1. The summed E-state index contributed by atoms with van der Waals surface area (Å²) in [5.41, 5.74) is 28.9. The average molecular weight is 857 g/mol. The Morgan fingerprint density at radius 2 is 1.04 bits per heavy atom.